The monoisotopic (exact) mass is 435 g/mol. The first-order valence-electron chi connectivity index (χ1n) is 9.98. The number of aryl methyl sites for hydroxylation is 1. The summed E-state index contributed by atoms with van der Waals surface area (Å²) in [6.07, 6.45) is 0. The Hall–Kier alpha value is -2.35. The number of nitrogens with zero attached hydrogens (tertiary/aromatic N) is 1. The van der Waals surface area contributed by atoms with Crippen LogP contribution >= 0.6 is 11.6 Å². The van der Waals surface area contributed by atoms with Gasteiger partial charge in [0.05, 0.1) is 13.2 Å². The van der Waals surface area contributed by atoms with Gasteiger partial charge in [-0.1, -0.05) is 17.7 Å². The van der Waals surface area contributed by atoms with Gasteiger partial charge in [-0.3, -0.25) is 4.90 Å². The molecule has 8 heteroatoms. The maximum Gasteiger partial charge on any atom is 0.315 e. The van der Waals surface area contributed by atoms with Crippen molar-refractivity contribution >= 4 is 17.6 Å². The SMILES string of the molecule is Cc1cc(Oc2cc(Cl)ccc2CNC(=O)NCC(C)N2CCOCC2)ccc1F. The fourth-order valence-corrected chi connectivity index (χ4v) is 3.36. The molecule has 30 heavy (non-hydrogen) atoms. The molecule has 6 nitrogen and oxygen atoms in total. The minimum absolute atomic E-state index is 0.232. The van der Waals surface area contributed by atoms with Crippen LogP contribution in [0, 0.1) is 12.7 Å². The normalized spacial score (nSPS) is 15.5. The van der Waals surface area contributed by atoms with Crippen molar-refractivity contribution in [2.75, 3.05) is 32.8 Å². The molecule has 1 aliphatic rings. The molecule has 0 aromatic heterocycles. The van der Waals surface area contributed by atoms with Crippen molar-refractivity contribution in [2.45, 2.75) is 26.4 Å². The average Bonchev–Trinajstić information content (AvgIpc) is 2.74. The predicted molar refractivity (Wildman–Crippen MR) is 115 cm³/mol. The number of urea groups is 1. The molecular formula is C22H27ClFN3O3. The number of ether oxygens (including phenoxy) is 2. The fraction of sp³-hybridized carbons (Fsp3) is 0.409. The van der Waals surface area contributed by atoms with Crippen LogP contribution in [-0.4, -0.2) is 49.8 Å². The number of nitrogens with one attached hydrogen (secondary N) is 2. The molecule has 0 aliphatic carbocycles. The van der Waals surface area contributed by atoms with Crippen LogP contribution in [0.5, 0.6) is 11.5 Å². The maximum absolute atomic E-state index is 13.5. The van der Waals surface area contributed by atoms with Gasteiger partial charge in [0, 0.05) is 42.8 Å². The third-order valence-electron chi connectivity index (χ3n) is 5.05. The summed E-state index contributed by atoms with van der Waals surface area (Å²) in [5.74, 6) is 0.718. The van der Waals surface area contributed by atoms with Crippen LogP contribution in [0.2, 0.25) is 5.02 Å². The third-order valence-corrected chi connectivity index (χ3v) is 5.29. The molecule has 0 saturated carbocycles. The van der Waals surface area contributed by atoms with Gasteiger partial charge >= 0.3 is 6.03 Å². The van der Waals surface area contributed by atoms with E-state index in [9.17, 15) is 9.18 Å². The standard InChI is InChI=1S/C22H27ClFN3O3/c1-15-11-19(5-6-20(15)24)30-21-12-18(23)4-3-17(21)14-26-22(28)25-13-16(2)27-7-9-29-10-8-27/h3-6,11-12,16H,7-10,13-14H2,1-2H3,(H2,25,26,28). The van der Waals surface area contributed by atoms with Gasteiger partial charge in [-0.05, 0) is 49.7 Å². The fourth-order valence-electron chi connectivity index (χ4n) is 3.20. The Morgan fingerprint density at radius 2 is 2.00 bits per heavy atom. The molecule has 1 atom stereocenters. The summed E-state index contributed by atoms with van der Waals surface area (Å²) in [5, 5.41) is 6.26. The highest BCUT2D eigenvalue weighted by atomic mass is 35.5. The van der Waals surface area contributed by atoms with Crippen LogP contribution in [0.1, 0.15) is 18.1 Å². The smallest absolute Gasteiger partial charge is 0.315 e. The zero-order valence-corrected chi connectivity index (χ0v) is 18.0. The molecule has 2 amide bonds. The molecule has 2 N–H and O–H groups in total. The molecular weight excluding hydrogens is 409 g/mol. The Morgan fingerprint density at radius 1 is 1.23 bits per heavy atom. The van der Waals surface area contributed by atoms with Crippen molar-refractivity contribution < 1.29 is 18.7 Å². The number of halogens is 2. The largest absolute Gasteiger partial charge is 0.457 e. The lowest BCUT2D eigenvalue weighted by Gasteiger charge is -2.32. The molecule has 1 unspecified atom stereocenters. The summed E-state index contributed by atoms with van der Waals surface area (Å²) < 4.78 is 24.7. The van der Waals surface area contributed by atoms with E-state index in [1.807, 2.05) is 0 Å². The molecule has 2 aromatic carbocycles. The van der Waals surface area contributed by atoms with Crippen molar-refractivity contribution in [3.05, 3.63) is 58.4 Å². The van der Waals surface area contributed by atoms with Gasteiger partial charge < -0.3 is 20.1 Å². The Balaban J connectivity index is 1.55. The van der Waals surface area contributed by atoms with E-state index in [1.54, 1.807) is 37.3 Å². The molecule has 0 radical (unpaired) electrons. The zero-order chi connectivity index (χ0) is 21.5. The summed E-state index contributed by atoms with van der Waals surface area (Å²) in [7, 11) is 0. The van der Waals surface area contributed by atoms with Crippen molar-refractivity contribution in [3.8, 4) is 11.5 Å². The number of rotatable bonds is 7. The summed E-state index contributed by atoms with van der Waals surface area (Å²) in [5.41, 5.74) is 1.25. The highest BCUT2D eigenvalue weighted by Crippen LogP contribution is 2.29. The zero-order valence-electron chi connectivity index (χ0n) is 17.2. The lowest BCUT2D eigenvalue weighted by molar-refractivity contribution is 0.0209. The van der Waals surface area contributed by atoms with Crippen molar-refractivity contribution in [2.24, 2.45) is 0 Å². The highest BCUT2D eigenvalue weighted by Gasteiger charge is 2.17. The summed E-state index contributed by atoms with van der Waals surface area (Å²) >= 11 is 6.11. The Labute approximate surface area is 181 Å². The Morgan fingerprint density at radius 3 is 2.73 bits per heavy atom. The van der Waals surface area contributed by atoms with E-state index < -0.39 is 0 Å². The minimum Gasteiger partial charge on any atom is -0.457 e. The Kier molecular flexibility index (Phi) is 7.90. The van der Waals surface area contributed by atoms with Gasteiger partial charge in [0.2, 0.25) is 0 Å². The van der Waals surface area contributed by atoms with Crippen molar-refractivity contribution in [3.63, 3.8) is 0 Å². The number of carbonyl (C=O) groups excluding carboxylic acids is 1. The lowest BCUT2D eigenvalue weighted by atomic mass is 10.2. The molecule has 1 aliphatic heterocycles. The van der Waals surface area contributed by atoms with E-state index in [2.05, 4.69) is 22.5 Å². The second-order valence-electron chi connectivity index (χ2n) is 7.33. The van der Waals surface area contributed by atoms with E-state index in [-0.39, 0.29) is 24.4 Å². The molecule has 0 bridgehead atoms. The molecule has 1 saturated heterocycles. The van der Waals surface area contributed by atoms with Crippen LogP contribution in [-0.2, 0) is 11.3 Å². The maximum atomic E-state index is 13.5. The number of hydrogen-bond donors (Lipinski definition) is 2. The second kappa shape index (κ2) is 10.6. The number of morpholine rings is 1. The topological polar surface area (TPSA) is 62.8 Å². The molecule has 3 rings (SSSR count). The first kappa shape index (κ1) is 22.3. The first-order valence-corrected chi connectivity index (χ1v) is 10.4. The molecule has 1 fully saturated rings. The quantitative estimate of drug-likeness (QED) is 0.687. The first-order chi connectivity index (χ1) is 14.4. The molecule has 162 valence electrons. The number of carbonyl (C=O) groups is 1. The number of amides is 2. The average molecular weight is 436 g/mol. The van der Waals surface area contributed by atoms with Crippen molar-refractivity contribution in [1.82, 2.24) is 15.5 Å². The van der Waals surface area contributed by atoms with Gasteiger partial charge in [0.1, 0.15) is 17.3 Å². The van der Waals surface area contributed by atoms with Gasteiger partial charge in [0.25, 0.3) is 0 Å². The van der Waals surface area contributed by atoms with Crippen LogP contribution < -0.4 is 15.4 Å². The predicted octanol–water partition coefficient (Wildman–Crippen LogP) is 4.10. The van der Waals surface area contributed by atoms with E-state index >= 15 is 0 Å². The number of benzene rings is 2. The Bertz CT molecular complexity index is 875. The van der Waals surface area contributed by atoms with E-state index in [4.69, 9.17) is 21.1 Å². The van der Waals surface area contributed by atoms with E-state index in [0.29, 0.717) is 28.6 Å². The van der Waals surface area contributed by atoms with Gasteiger partial charge in [-0.25, -0.2) is 9.18 Å². The van der Waals surface area contributed by atoms with E-state index in [1.165, 1.54) is 6.07 Å². The van der Waals surface area contributed by atoms with Crippen LogP contribution in [0.25, 0.3) is 0 Å². The third kappa shape index (κ3) is 6.32. The molecule has 2 aromatic rings. The van der Waals surface area contributed by atoms with Crippen LogP contribution in [0.4, 0.5) is 9.18 Å². The van der Waals surface area contributed by atoms with Gasteiger partial charge in [0.15, 0.2) is 0 Å². The van der Waals surface area contributed by atoms with Crippen LogP contribution in [0.3, 0.4) is 0 Å². The summed E-state index contributed by atoms with van der Waals surface area (Å²) in [6, 6.07) is 9.72. The van der Waals surface area contributed by atoms with Crippen LogP contribution in [0.15, 0.2) is 36.4 Å². The van der Waals surface area contributed by atoms with E-state index in [0.717, 1.165) is 31.9 Å². The lowest BCUT2D eigenvalue weighted by Crippen LogP contribution is -2.48. The number of hydrogen-bond acceptors (Lipinski definition) is 4. The second-order valence-corrected chi connectivity index (χ2v) is 7.76. The highest BCUT2D eigenvalue weighted by molar-refractivity contribution is 6.30. The van der Waals surface area contributed by atoms with Crippen molar-refractivity contribution in [1.29, 1.82) is 0 Å². The molecule has 1 heterocycles. The van der Waals surface area contributed by atoms with Gasteiger partial charge in [-0.2, -0.15) is 0 Å². The summed E-state index contributed by atoms with van der Waals surface area (Å²) in [4.78, 5) is 14.5. The minimum atomic E-state index is -0.293. The van der Waals surface area contributed by atoms with Gasteiger partial charge in [-0.15, -0.1) is 0 Å². The molecule has 0 spiro atoms. The summed E-state index contributed by atoms with van der Waals surface area (Å²) in [6.45, 7) is 7.77.